The van der Waals surface area contributed by atoms with Gasteiger partial charge >= 0.3 is 0 Å². The lowest BCUT2D eigenvalue weighted by molar-refractivity contribution is -0.121. The van der Waals surface area contributed by atoms with Crippen LogP contribution in [0.15, 0.2) is 12.3 Å². The van der Waals surface area contributed by atoms with Crippen molar-refractivity contribution in [3.8, 4) is 0 Å². The maximum Gasteiger partial charge on any atom is 0.233 e. The van der Waals surface area contributed by atoms with Crippen molar-refractivity contribution in [2.24, 2.45) is 0 Å². The molecule has 1 aromatic rings. The molecule has 1 aliphatic rings. The number of amides is 1. The number of rotatable bonds is 4. The summed E-state index contributed by atoms with van der Waals surface area (Å²) in [4.78, 5) is 18.3. The van der Waals surface area contributed by atoms with E-state index in [0.717, 1.165) is 25.9 Å². The van der Waals surface area contributed by atoms with Gasteiger partial charge in [-0.05, 0) is 23.0 Å². The van der Waals surface area contributed by atoms with Crippen LogP contribution in [0.5, 0.6) is 0 Å². The summed E-state index contributed by atoms with van der Waals surface area (Å²) in [6.45, 7) is 8.91. The van der Waals surface area contributed by atoms with E-state index in [2.05, 4.69) is 42.0 Å². The van der Waals surface area contributed by atoms with Gasteiger partial charge in [-0.3, -0.25) is 14.7 Å². The van der Waals surface area contributed by atoms with Gasteiger partial charge in [-0.25, -0.2) is 0 Å². The fraction of sp³-hybridized carbons (Fsp3) is 0.625. The zero-order valence-corrected chi connectivity index (χ0v) is 13.0. The van der Waals surface area contributed by atoms with Gasteiger partial charge in [-0.1, -0.05) is 26.8 Å². The van der Waals surface area contributed by atoms with E-state index in [0.29, 0.717) is 6.54 Å². The van der Waals surface area contributed by atoms with Crippen molar-refractivity contribution in [3.05, 3.63) is 29.1 Å². The largest absolute Gasteiger partial charge is 0.358 e. The Morgan fingerprint density at radius 3 is 2.90 bits per heavy atom. The normalized spacial score (nSPS) is 15.8. The van der Waals surface area contributed by atoms with Crippen LogP contribution in [0, 0.1) is 0 Å². The van der Waals surface area contributed by atoms with Crippen LogP contribution in [0.1, 0.15) is 44.0 Å². The average molecular weight is 275 g/mol. The van der Waals surface area contributed by atoms with Gasteiger partial charge in [0.1, 0.15) is 0 Å². The smallest absolute Gasteiger partial charge is 0.233 e. The summed E-state index contributed by atoms with van der Waals surface area (Å²) in [5, 5.41) is 2.68. The fourth-order valence-electron chi connectivity index (χ4n) is 2.48. The van der Waals surface area contributed by atoms with Crippen molar-refractivity contribution < 1.29 is 4.79 Å². The van der Waals surface area contributed by atoms with Gasteiger partial charge < -0.3 is 5.32 Å². The second kappa shape index (κ2) is 5.92. The Bertz CT molecular complexity index is 496. The molecule has 0 fully saturated rings. The van der Waals surface area contributed by atoms with Crippen LogP contribution < -0.4 is 5.32 Å². The van der Waals surface area contributed by atoms with Crippen molar-refractivity contribution in [2.75, 3.05) is 20.1 Å². The molecule has 20 heavy (non-hydrogen) atoms. The van der Waals surface area contributed by atoms with Crippen LogP contribution in [-0.4, -0.2) is 35.9 Å². The molecule has 2 rings (SSSR count). The number of nitrogens with zero attached hydrogens (tertiary/aromatic N) is 2. The Balaban J connectivity index is 2.17. The number of aromatic nitrogens is 1. The Morgan fingerprint density at radius 1 is 1.50 bits per heavy atom. The van der Waals surface area contributed by atoms with Crippen LogP contribution in [0.3, 0.4) is 0 Å². The van der Waals surface area contributed by atoms with E-state index in [1.54, 1.807) is 7.05 Å². The molecule has 4 nitrogen and oxygen atoms in total. The molecule has 110 valence electrons. The fourth-order valence-corrected chi connectivity index (χ4v) is 2.48. The summed E-state index contributed by atoms with van der Waals surface area (Å²) in [5.74, 6) is 0.0754. The highest BCUT2D eigenvalue weighted by Gasteiger charge is 2.23. The zero-order chi connectivity index (χ0) is 14.8. The van der Waals surface area contributed by atoms with Crippen LogP contribution in [-0.2, 0) is 23.2 Å². The maximum atomic E-state index is 11.5. The maximum absolute atomic E-state index is 11.5. The van der Waals surface area contributed by atoms with Crippen LogP contribution >= 0.6 is 0 Å². The third-order valence-corrected chi connectivity index (χ3v) is 4.43. The molecular weight excluding hydrogens is 250 g/mol. The molecule has 1 aromatic heterocycles. The standard InChI is InChI=1S/C16H25N3O/c1-5-16(2,3)13-8-12-10-19(11-15(20)17-4)7-6-14(12)18-9-13/h8-9H,5-7,10-11H2,1-4H3,(H,17,20). The molecule has 1 N–H and O–H groups in total. The minimum atomic E-state index is 0.0754. The monoisotopic (exact) mass is 275 g/mol. The van der Waals surface area contributed by atoms with Crippen molar-refractivity contribution >= 4 is 5.91 Å². The molecule has 0 unspecified atom stereocenters. The van der Waals surface area contributed by atoms with Crippen molar-refractivity contribution in [1.29, 1.82) is 0 Å². The lowest BCUT2D eigenvalue weighted by Crippen LogP contribution is -2.39. The first-order chi connectivity index (χ1) is 9.46. The average Bonchev–Trinajstić information content (AvgIpc) is 2.46. The lowest BCUT2D eigenvalue weighted by atomic mass is 9.82. The number of fused-ring (bicyclic) bond motifs is 1. The van der Waals surface area contributed by atoms with E-state index in [9.17, 15) is 4.79 Å². The third-order valence-electron chi connectivity index (χ3n) is 4.43. The van der Waals surface area contributed by atoms with Gasteiger partial charge in [0.2, 0.25) is 5.91 Å². The molecule has 0 spiro atoms. The number of hydrogen-bond donors (Lipinski definition) is 1. The van der Waals surface area contributed by atoms with Crippen LogP contribution in [0.25, 0.3) is 0 Å². The van der Waals surface area contributed by atoms with Gasteiger partial charge in [-0.15, -0.1) is 0 Å². The zero-order valence-electron chi connectivity index (χ0n) is 13.0. The Morgan fingerprint density at radius 2 is 2.25 bits per heavy atom. The van der Waals surface area contributed by atoms with E-state index in [1.165, 1.54) is 16.8 Å². The molecule has 2 heterocycles. The molecular formula is C16H25N3O. The van der Waals surface area contributed by atoms with Crippen LogP contribution in [0.2, 0.25) is 0 Å². The topological polar surface area (TPSA) is 45.2 Å². The lowest BCUT2D eigenvalue weighted by Gasteiger charge is -2.30. The highest BCUT2D eigenvalue weighted by Crippen LogP contribution is 2.28. The summed E-state index contributed by atoms with van der Waals surface area (Å²) in [6, 6.07) is 2.28. The van der Waals surface area contributed by atoms with E-state index in [-0.39, 0.29) is 11.3 Å². The molecule has 1 amide bonds. The second-order valence-corrected chi connectivity index (χ2v) is 6.20. The summed E-state index contributed by atoms with van der Waals surface area (Å²) >= 11 is 0. The summed E-state index contributed by atoms with van der Waals surface area (Å²) in [6.07, 6.45) is 4.05. The minimum Gasteiger partial charge on any atom is -0.358 e. The van der Waals surface area contributed by atoms with E-state index < -0.39 is 0 Å². The number of pyridine rings is 1. The number of likely N-dealkylation sites (N-methyl/N-ethyl adjacent to an activating group) is 1. The van der Waals surface area contributed by atoms with E-state index in [1.807, 2.05) is 6.20 Å². The first-order valence-electron chi connectivity index (χ1n) is 7.37. The predicted molar refractivity (Wildman–Crippen MR) is 80.6 cm³/mol. The van der Waals surface area contributed by atoms with Crippen molar-refractivity contribution in [2.45, 2.75) is 45.6 Å². The quantitative estimate of drug-likeness (QED) is 0.912. The molecule has 0 radical (unpaired) electrons. The molecule has 4 heteroatoms. The second-order valence-electron chi connectivity index (χ2n) is 6.20. The van der Waals surface area contributed by atoms with Gasteiger partial charge in [0.15, 0.2) is 0 Å². The van der Waals surface area contributed by atoms with Crippen LogP contribution in [0.4, 0.5) is 0 Å². The highest BCUT2D eigenvalue weighted by atomic mass is 16.1. The van der Waals surface area contributed by atoms with Crippen molar-refractivity contribution in [1.82, 2.24) is 15.2 Å². The van der Waals surface area contributed by atoms with E-state index >= 15 is 0 Å². The van der Waals surface area contributed by atoms with Gasteiger partial charge in [0, 0.05) is 38.4 Å². The third kappa shape index (κ3) is 3.18. The molecule has 0 saturated heterocycles. The van der Waals surface area contributed by atoms with Crippen molar-refractivity contribution in [3.63, 3.8) is 0 Å². The number of nitrogens with one attached hydrogen (secondary N) is 1. The van der Waals surface area contributed by atoms with Gasteiger partial charge in [0.25, 0.3) is 0 Å². The first kappa shape index (κ1) is 15.0. The molecule has 0 aliphatic carbocycles. The Labute approximate surface area is 121 Å². The molecule has 0 saturated carbocycles. The summed E-state index contributed by atoms with van der Waals surface area (Å²) in [7, 11) is 1.68. The molecule has 0 aromatic carbocycles. The summed E-state index contributed by atoms with van der Waals surface area (Å²) in [5.41, 5.74) is 3.92. The Hall–Kier alpha value is -1.42. The Kier molecular flexibility index (Phi) is 4.43. The SMILES string of the molecule is CCC(C)(C)c1cnc2c(c1)CN(CC(=O)NC)CC2. The molecule has 1 aliphatic heterocycles. The molecule has 0 bridgehead atoms. The number of carbonyl (C=O) groups is 1. The first-order valence-corrected chi connectivity index (χ1v) is 7.37. The van der Waals surface area contributed by atoms with E-state index in [4.69, 9.17) is 0 Å². The van der Waals surface area contributed by atoms with Gasteiger partial charge in [0.05, 0.1) is 6.54 Å². The predicted octanol–water partition coefficient (Wildman–Crippen LogP) is 1.87. The summed E-state index contributed by atoms with van der Waals surface area (Å²) < 4.78 is 0. The number of hydrogen-bond acceptors (Lipinski definition) is 3. The minimum absolute atomic E-state index is 0.0754. The number of carbonyl (C=O) groups excluding carboxylic acids is 1. The van der Waals surface area contributed by atoms with Gasteiger partial charge in [-0.2, -0.15) is 0 Å². The highest BCUT2D eigenvalue weighted by molar-refractivity contribution is 5.77. The molecule has 0 atom stereocenters.